The second kappa shape index (κ2) is 2.80. The first kappa shape index (κ1) is 8.69. The van der Waals surface area contributed by atoms with Gasteiger partial charge in [0.1, 0.15) is 5.41 Å². The van der Waals surface area contributed by atoms with E-state index in [1.54, 1.807) is 6.92 Å². The van der Waals surface area contributed by atoms with Gasteiger partial charge in [-0.2, -0.15) is 0 Å². The van der Waals surface area contributed by atoms with Crippen LogP contribution < -0.4 is 5.32 Å². The summed E-state index contributed by atoms with van der Waals surface area (Å²) >= 11 is 0. The number of cyclic esters (lactones) is 1. The van der Waals surface area contributed by atoms with Crippen molar-refractivity contribution >= 4 is 11.8 Å². The van der Waals surface area contributed by atoms with Crippen molar-refractivity contribution in [2.45, 2.75) is 25.9 Å². The molecule has 0 saturated carbocycles. The molecule has 0 bridgehead atoms. The molecule has 13 heavy (non-hydrogen) atoms. The lowest BCUT2D eigenvalue weighted by Crippen LogP contribution is -2.44. The quantitative estimate of drug-likeness (QED) is 0.420. The van der Waals surface area contributed by atoms with Crippen LogP contribution in [0.5, 0.6) is 0 Å². The number of Topliss-reactive ketones (excluding diaryl/α,β-unsaturated/α-hetero) is 1. The minimum atomic E-state index is -0.801. The molecular formula is C9H13NO3. The lowest BCUT2D eigenvalue weighted by atomic mass is 9.76. The Morgan fingerprint density at radius 1 is 1.38 bits per heavy atom. The molecule has 0 aliphatic carbocycles. The van der Waals surface area contributed by atoms with Crippen LogP contribution in [0.4, 0.5) is 0 Å². The molecule has 0 radical (unpaired) electrons. The Hall–Kier alpha value is -0.900. The summed E-state index contributed by atoms with van der Waals surface area (Å²) in [5, 5.41) is 3.13. The highest BCUT2D eigenvalue weighted by molar-refractivity contribution is 6.10. The third kappa shape index (κ3) is 1.09. The summed E-state index contributed by atoms with van der Waals surface area (Å²) in [7, 11) is 0. The van der Waals surface area contributed by atoms with Gasteiger partial charge in [-0.25, -0.2) is 0 Å². The van der Waals surface area contributed by atoms with E-state index in [0.717, 1.165) is 13.1 Å². The number of piperidine rings is 1. The highest BCUT2D eigenvalue weighted by atomic mass is 16.6. The van der Waals surface area contributed by atoms with Gasteiger partial charge in [0.05, 0.1) is 0 Å². The first-order valence-corrected chi connectivity index (χ1v) is 4.63. The van der Waals surface area contributed by atoms with Crippen LogP contribution in [-0.2, 0) is 14.3 Å². The Morgan fingerprint density at radius 3 is 2.46 bits per heavy atom. The molecule has 4 nitrogen and oxygen atoms in total. The van der Waals surface area contributed by atoms with E-state index in [4.69, 9.17) is 4.74 Å². The van der Waals surface area contributed by atoms with Gasteiger partial charge in [0, 0.05) is 0 Å². The molecular weight excluding hydrogens is 170 g/mol. The molecule has 2 aliphatic rings. The molecule has 0 unspecified atom stereocenters. The molecule has 72 valence electrons. The summed E-state index contributed by atoms with van der Waals surface area (Å²) in [6, 6.07) is 0. The first-order valence-electron chi connectivity index (χ1n) is 4.63. The van der Waals surface area contributed by atoms with Crippen LogP contribution in [-0.4, -0.2) is 30.9 Å². The van der Waals surface area contributed by atoms with Gasteiger partial charge in [0.25, 0.3) is 0 Å². The van der Waals surface area contributed by atoms with E-state index in [1.807, 2.05) is 0 Å². The van der Waals surface area contributed by atoms with Gasteiger partial charge in [-0.05, 0) is 32.9 Å². The zero-order valence-corrected chi connectivity index (χ0v) is 7.63. The van der Waals surface area contributed by atoms with Gasteiger partial charge >= 0.3 is 5.97 Å². The highest BCUT2D eigenvalue weighted by Gasteiger charge is 2.55. The lowest BCUT2D eigenvalue weighted by Gasteiger charge is -2.27. The zero-order valence-electron chi connectivity index (χ0n) is 7.63. The summed E-state index contributed by atoms with van der Waals surface area (Å²) in [4.78, 5) is 23.2. The van der Waals surface area contributed by atoms with E-state index in [1.165, 1.54) is 0 Å². The number of carbonyl (C=O) groups excluding carboxylic acids is 2. The summed E-state index contributed by atoms with van der Waals surface area (Å²) in [6.45, 7) is 3.11. The monoisotopic (exact) mass is 183 g/mol. The van der Waals surface area contributed by atoms with Crippen LogP contribution >= 0.6 is 0 Å². The molecule has 0 aromatic heterocycles. The van der Waals surface area contributed by atoms with Gasteiger partial charge in [-0.1, -0.05) is 0 Å². The third-order valence-corrected chi connectivity index (χ3v) is 2.97. The minimum absolute atomic E-state index is 0.0287. The minimum Gasteiger partial charge on any atom is -0.454 e. The number of hydrogen-bond acceptors (Lipinski definition) is 4. The fraction of sp³-hybridized carbons (Fsp3) is 0.778. The Bertz CT molecular complexity index is 256. The predicted molar refractivity (Wildman–Crippen MR) is 45.1 cm³/mol. The topological polar surface area (TPSA) is 55.4 Å². The molecule has 0 amide bonds. The molecule has 1 spiro atoms. The number of ether oxygens (including phenoxy) is 1. The van der Waals surface area contributed by atoms with Crippen LogP contribution in [0.2, 0.25) is 0 Å². The van der Waals surface area contributed by atoms with E-state index in [2.05, 4.69) is 5.32 Å². The maximum absolute atomic E-state index is 11.7. The largest absolute Gasteiger partial charge is 0.454 e. The van der Waals surface area contributed by atoms with Crippen molar-refractivity contribution in [1.82, 2.24) is 5.32 Å². The summed E-state index contributed by atoms with van der Waals surface area (Å²) in [5.41, 5.74) is -0.801. The predicted octanol–water partition coefficient (Wildman–Crippen LogP) is -0.129. The van der Waals surface area contributed by atoms with Crippen molar-refractivity contribution in [1.29, 1.82) is 0 Å². The smallest absolute Gasteiger partial charge is 0.320 e. The molecule has 1 N–H and O–H groups in total. The lowest BCUT2D eigenvalue weighted by molar-refractivity contribution is -0.149. The summed E-state index contributed by atoms with van der Waals surface area (Å²) in [5.74, 6) is -0.342. The SMILES string of the molecule is C[C@@H]1OC(=O)C2(CCNCC2)C1=O. The number of nitrogens with one attached hydrogen (secondary N) is 1. The fourth-order valence-corrected chi connectivity index (χ4v) is 2.12. The molecule has 0 aromatic carbocycles. The van der Waals surface area contributed by atoms with E-state index >= 15 is 0 Å². The number of rotatable bonds is 0. The number of ketones is 1. The van der Waals surface area contributed by atoms with Crippen LogP contribution in [0.3, 0.4) is 0 Å². The van der Waals surface area contributed by atoms with Gasteiger partial charge in [0.2, 0.25) is 0 Å². The Labute approximate surface area is 76.6 Å². The fourth-order valence-electron chi connectivity index (χ4n) is 2.12. The van der Waals surface area contributed by atoms with Crippen LogP contribution in [0, 0.1) is 5.41 Å². The number of hydrogen-bond donors (Lipinski definition) is 1. The van der Waals surface area contributed by atoms with E-state index < -0.39 is 11.5 Å². The molecule has 2 heterocycles. The Kier molecular flexibility index (Phi) is 1.87. The average Bonchev–Trinajstić information content (AvgIpc) is 2.34. The third-order valence-electron chi connectivity index (χ3n) is 2.97. The van der Waals surface area contributed by atoms with Crippen LogP contribution in [0.25, 0.3) is 0 Å². The molecule has 2 saturated heterocycles. The second-order valence-electron chi connectivity index (χ2n) is 3.74. The highest BCUT2D eigenvalue weighted by Crippen LogP contribution is 2.38. The Balaban J connectivity index is 2.28. The normalized spacial score (nSPS) is 32.2. The molecule has 2 aliphatic heterocycles. The van der Waals surface area contributed by atoms with Crippen molar-refractivity contribution in [3.63, 3.8) is 0 Å². The van der Waals surface area contributed by atoms with Gasteiger partial charge in [-0.3, -0.25) is 9.59 Å². The van der Waals surface area contributed by atoms with Gasteiger partial charge < -0.3 is 10.1 Å². The van der Waals surface area contributed by atoms with Gasteiger partial charge in [0.15, 0.2) is 11.9 Å². The average molecular weight is 183 g/mol. The first-order chi connectivity index (χ1) is 6.17. The van der Waals surface area contributed by atoms with E-state index in [0.29, 0.717) is 12.8 Å². The van der Waals surface area contributed by atoms with Crippen molar-refractivity contribution in [3.8, 4) is 0 Å². The summed E-state index contributed by atoms with van der Waals surface area (Å²) < 4.78 is 4.95. The van der Waals surface area contributed by atoms with Crippen LogP contribution in [0.1, 0.15) is 19.8 Å². The van der Waals surface area contributed by atoms with Crippen molar-refractivity contribution in [2.75, 3.05) is 13.1 Å². The van der Waals surface area contributed by atoms with E-state index in [9.17, 15) is 9.59 Å². The molecule has 2 rings (SSSR count). The van der Waals surface area contributed by atoms with Crippen molar-refractivity contribution in [3.05, 3.63) is 0 Å². The maximum atomic E-state index is 11.7. The van der Waals surface area contributed by atoms with E-state index in [-0.39, 0.29) is 11.8 Å². The zero-order chi connectivity index (χ0) is 9.47. The number of carbonyl (C=O) groups is 2. The van der Waals surface area contributed by atoms with Crippen molar-refractivity contribution < 1.29 is 14.3 Å². The summed E-state index contributed by atoms with van der Waals surface area (Å²) in [6.07, 6.45) is 0.648. The molecule has 2 fully saturated rings. The van der Waals surface area contributed by atoms with Crippen LogP contribution in [0.15, 0.2) is 0 Å². The standard InChI is InChI=1S/C9H13NO3/c1-6-7(11)9(8(12)13-6)2-4-10-5-3-9/h6,10H,2-5H2,1H3/t6-/m0/s1. The second-order valence-corrected chi connectivity index (χ2v) is 3.74. The maximum Gasteiger partial charge on any atom is 0.320 e. The van der Waals surface area contributed by atoms with Crippen molar-refractivity contribution in [2.24, 2.45) is 5.41 Å². The van der Waals surface area contributed by atoms with Gasteiger partial charge in [-0.15, -0.1) is 0 Å². The molecule has 4 heteroatoms. The molecule has 1 atom stereocenters. The molecule has 0 aromatic rings. The number of esters is 1. The Morgan fingerprint density at radius 2 is 2.00 bits per heavy atom.